The van der Waals surface area contributed by atoms with Crippen LogP contribution in [0.25, 0.3) is 0 Å². The average Bonchev–Trinajstić information content (AvgIpc) is 2.59. The van der Waals surface area contributed by atoms with E-state index in [0.29, 0.717) is 12.5 Å². The molecule has 3 heteroatoms. The van der Waals surface area contributed by atoms with Crippen molar-refractivity contribution in [2.75, 3.05) is 5.75 Å². The Morgan fingerprint density at radius 3 is 2.45 bits per heavy atom. The number of nitrogens with zero attached hydrogens (tertiary/aromatic N) is 1. The van der Waals surface area contributed by atoms with Gasteiger partial charge in [0.25, 0.3) is 0 Å². The van der Waals surface area contributed by atoms with E-state index >= 15 is 0 Å². The van der Waals surface area contributed by atoms with Crippen LogP contribution in [-0.2, 0) is 6.61 Å². The molecule has 2 aromatic rings. The molecule has 2 nitrogen and oxygen atoms in total. The van der Waals surface area contributed by atoms with Crippen molar-refractivity contribution in [3.8, 4) is 11.2 Å². The summed E-state index contributed by atoms with van der Waals surface area (Å²) in [5.41, 5.74) is 2.50. The molecule has 2 rings (SSSR count). The topological polar surface area (TPSA) is 33.0 Å². The van der Waals surface area contributed by atoms with Gasteiger partial charge in [-0.05, 0) is 53.8 Å². The van der Waals surface area contributed by atoms with E-state index < -0.39 is 0 Å². The van der Waals surface area contributed by atoms with E-state index in [0.717, 1.165) is 24.3 Å². The zero-order chi connectivity index (χ0) is 15.6. The van der Waals surface area contributed by atoms with Gasteiger partial charge in [0, 0.05) is 5.75 Å². The number of thiocyanates is 1. The lowest BCUT2D eigenvalue weighted by molar-refractivity contribution is 0.306. The van der Waals surface area contributed by atoms with Crippen LogP contribution in [0.1, 0.15) is 36.8 Å². The highest BCUT2D eigenvalue weighted by atomic mass is 32.2. The summed E-state index contributed by atoms with van der Waals surface area (Å²) in [6.07, 6.45) is 2.13. The lowest BCUT2D eigenvalue weighted by Gasteiger charge is -2.15. The standard InChI is InChI=1S/C19H21NOS/c1-2-17(12-13-22-15-20)18-8-10-19(11-9-18)21-14-16-6-4-3-5-7-16/h3-11,17H,2,12-14H2,1H3. The quantitative estimate of drug-likeness (QED) is 0.486. The summed E-state index contributed by atoms with van der Waals surface area (Å²) in [5, 5.41) is 10.7. The van der Waals surface area contributed by atoms with Gasteiger partial charge in [0.1, 0.15) is 17.8 Å². The van der Waals surface area contributed by atoms with Crippen molar-refractivity contribution in [3.05, 3.63) is 65.7 Å². The van der Waals surface area contributed by atoms with Crippen LogP contribution in [0.15, 0.2) is 54.6 Å². The van der Waals surface area contributed by atoms with Crippen molar-refractivity contribution in [3.63, 3.8) is 0 Å². The van der Waals surface area contributed by atoms with E-state index in [-0.39, 0.29) is 0 Å². The Bertz CT molecular complexity index is 589. The van der Waals surface area contributed by atoms with Gasteiger partial charge in [0.15, 0.2) is 0 Å². The molecular formula is C19H21NOS. The predicted octanol–water partition coefficient (Wildman–Crippen LogP) is 5.36. The molecule has 0 saturated carbocycles. The minimum atomic E-state index is 0.518. The number of ether oxygens (including phenoxy) is 1. The second-order valence-electron chi connectivity index (χ2n) is 5.18. The third-order valence-electron chi connectivity index (χ3n) is 3.73. The number of hydrogen-bond acceptors (Lipinski definition) is 3. The fourth-order valence-corrected chi connectivity index (χ4v) is 2.92. The van der Waals surface area contributed by atoms with Gasteiger partial charge in [-0.3, -0.25) is 0 Å². The van der Waals surface area contributed by atoms with Gasteiger partial charge in [-0.1, -0.05) is 49.4 Å². The van der Waals surface area contributed by atoms with Crippen LogP contribution in [0.4, 0.5) is 0 Å². The minimum Gasteiger partial charge on any atom is -0.489 e. The monoisotopic (exact) mass is 311 g/mol. The van der Waals surface area contributed by atoms with Crippen molar-refractivity contribution < 1.29 is 4.74 Å². The largest absolute Gasteiger partial charge is 0.489 e. The van der Waals surface area contributed by atoms with Gasteiger partial charge < -0.3 is 4.74 Å². The summed E-state index contributed by atoms with van der Waals surface area (Å²) < 4.78 is 5.81. The van der Waals surface area contributed by atoms with Crippen LogP contribution < -0.4 is 4.74 Å². The first-order chi connectivity index (χ1) is 10.8. The third kappa shape index (κ3) is 5.13. The normalized spacial score (nSPS) is 11.6. The SMILES string of the molecule is CCC(CCSC#N)c1ccc(OCc2ccccc2)cc1. The predicted molar refractivity (Wildman–Crippen MR) is 92.9 cm³/mol. The molecule has 0 amide bonds. The zero-order valence-electron chi connectivity index (χ0n) is 12.9. The minimum absolute atomic E-state index is 0.518. The van der Waals surface area contributed by atoms with Gasteiger partial charge in [-0.25, -0.2) is 0 Å². The van der Waals surface area contributed by atoms with Crippen LogP contribution in [0.5, 0.6) is 5.75 Å². The molecule has 0 saturated heterocycles. The van der Waals surface area contributed by atoms with E-state index in [4.69, 9.17) is 10.00 Å². The van der Waals surface area contributed by atoms with E-state index in [1.54, 1.807) is 0 Å². The van der Waals surface area contributed by atoms with Gasteiger partial charge in [0.05, 0.1) is 0 Å². The number of rotatable bonds is 8. The van der Waals surface area contributed by atoms with Crippen LogP contribution in [-0.4, -0.2) is 5.75 Å². The molecule has 0 aliphatic carbocycles. The molecule has 0 radical (unpaired) electrons. The van der Waals surface area contributed by atoms with Gasteiger partial charge in [-0.15, -0.1) is 0 Å². The second kappa shape index (κ2) is 9.17. The van der Waals surface area contributed by atoms with Crippen molar-refractivity contribution in [2.45, 2.75) is 32.3 Å². The molecule has 1 atom stereocenters. The Morgan fingerprint density at radius 1 is 1.09 bits per heavy atom. The summed E-state index contributed by atoms with van der Waals surface area (Å²) >= 11 is 1.34. The number of benzene rings is 2. The third-order valence-corrected chi connectivity index (χ3v) is 4.29. The number of hydrogen-bond donors (Lipinski definition) is 0. The van der Waals surface area contributed by atoms with Crippen LogP contribution in [0.3, 0.4) is 0 Å². The van der Waals surface area contributed by atoms with Crippen LogP contribution in [0.2, 0.25) is 0 Å². The highest BCUT2D eigenvalue weighted by Crippen LogP contribution is 2.26. The molecule has 22 heavy (non-hydrogen) atoms. The highest BCUT2D eigenvalue weighted by molar-refractivity contribution is 8.03. The molecule has 0 aliphatic rings. The molecule has 0 bridgehead atoms. The Hall–Kier alpha value is -1.92. The fourth-order valence-electron chi connectivity index (χ4n) is 2.43. The maximum Gasteiger partial charge on any atom is 0.133 e. The first-order valence-electron chi connectivity index (χ1n) is 7.61. The van der Waals surface area contributed by atoms with E-state index in [1.165, 1.54) is 22.9 Å². The number of thioether (sulfide) groups is 1. The van der Waals surface area contributed by atoms with Crippen LogP contribution >= 0.6 is 11.8 Å². The smallest absolute Gasteiger partial charge is 0.133 e. The molecule has 1 unspecified atom stereocenters. The van der Waals surface area contributed by atoms with E-state index in [2.05, 4.69) is 36.6 Å². The number of nitriles is 1. The highest BCUT2D eigenvalue weighted by Gasteiger charge is 2.09. The first-order valence-corrected chi connectivity index (χ1v) is 8.59. The maximum atomic E-state index is 8.61. The van der Waals surface area contributed by atoms with Crippen molar-refractivity contribution in [1.82, 2.24) is 0 Å². The zero-order valence-corrected chi connectivity index (χ0v) is 13.7. The molecule has 2 aromatic carbocycles. The van der Waals surface area contributed by atoms with Crippen molar-refractivity contribution in [2.24, 2.45) is 0 Å². The van der Waals surface area contributed by atoms with Gasteiger partial charge >= 0.3 is 0 Å². The lowest BCUT2D eigenvalue weighted by atomic mass is 9.94. The Labute approximate surface area is 137 Å². The molecule has 0 heterocycles. The van der Waals surface area contributed by atoms with Crippen LogP contribution in [0, 0.1) is 10.7 Å². The van der Waals surface area contributed by atoms with Crippen molar-refractivity contribution in [1.29, 1.82) is 5.26 Å². The summed E-state index contributed by atoms with van der Waals surface area (Å²) in [6, 6.07) is 18.5. The Morgan fingerprint density at radius 2 is 1.82 bits per heavy atom. The summed E-state index contributed by atoms with van der Waals surface area (Å²) in [6.45, 7) is 2.79. The molecule has 0 aromatic heterocycles. The maximum absolute atomic E-state index is 8.61. The average molecular weight is 311 g/mol. The molecule has 114 valence electrons. The Balaban J connectivity index is 1.90. The molecule has 0 fully saturated rings. The van der Waals surface area contributed by atoms with E-state index in [1.807, 2.05) is 30.3 Å². The lowest BCUT2D eigenvalue weighted by Crippen LogP contribution is -2.00. The Kier molecular flexibility index (Phi) is 6.86. The first kappa shape index (κ1) is 16.5. The molecule has 0 spiro atoms. The second-order valence-corrected chi connectivity index (χ2v) is 6.06. The molecular weight excluding hydrogens is 290 g/mol. The molecule has 0 aliphatic heterocycles. The van der Waals surface area contributed by atoms with Gasteiger partial charge in [0.2, 0.25) is 0 Å². The molecule has 0 N–H and O–H groups in total. The fraction of sp³-hybridized carbons (Fsp3) is 0.316. The summed E-state index contributed by atoms with van der Waals surface area (Å²) in [5.74, 6) is 2.30. The summed E-state index contributed by atoms with van der Waals surface area (Å²) in [4.78, 5) is 0. The van der Waals surface area contributed by atoms with Crippen molar-refractivity contribution >= 4 is 11.8 Å². The summed E-state index contributed by atoms with van der Waals surface area (Å²) in [7, 11) is 0. The van der Waals surface area contributed by atoms with Gasteiger partial charge in [-0.2, -0.15) is 5.26 Å². The van der Waals surface area contributed by atoms with E-state index in [9.17, 15) is 0 Å².